The van der Waals surface area contributed by atoms with Gasteiger partial charge in [0.15, 0.2) is 0 Å². The molecule has 194 valence electrons. The van der Waals surface area contributed by atoms with Crippen molar-refractivity contribution in [2.45, 2.75) is 64.1 Å². The number of nitrogens with one attached hydrogen (secondary N) is 3. The Bertz CT molecular complexity index is 1250. The van der Waals surface area contributed by atoms with Crippen LogP contribution in [0, 0.1) is 0 Å². The van der Waals surface area contributed by atoms with Crippen molar-refractivity contribution in [3.05, 3.63) is 54.7 Å². The van der Waals surface area contributed by atoms with Gasteiger partial charge in [0.25, 0.3) is 5.91 Å². The van der Waals surface area contributed by atoms with Crippen LogP contribution in [0.2, 0.25) is 0 Å². The van der Waals surface area contributed by atoms with E-state index in [4.69, 9.17) is 10.5 Å². The molecule has 1 saturated carbocycles. The average Bonchev–Trinajstić information content (AvgIpc) is 2.85. The van der Waals surface area contributed by atoms with Crippen molar-refractivity contribution in [2.24, 2.45) is 5.73 Å². The number of aromatic nitrogens is 4. The number of primary amides is 1. The van der Waals surface area contributed by atoms with E-state index in [9.17, 15) is 9.59 Å². The Hall–Kier alpha value is -4.28. The van der Waals surface area contributed by atoms with Crippen LogP contribution in [0.1, 0.15) is 56.8 Å². The average molecular weight is 505 g/mol. The van der Waals surface area contributed by atoms with Gasteiger partial charge < -0.3 is 26.4 Å². The highest BCUT2D eigenvalue weighted by Gasteiger charge is 2.29. The number of amides is 2. The summed E-state index contributed by atoms with van der Waals surface area (Å²) in [6.07, 6.45) is 9.48. The Labute approximate surface area is 215 Å². The number of alkyl carbamates (subject to hydrolysis) is 1. The normalized spacial score (nSPS) is 17.5. The van der Waals surface area contributed by atoms with Crippen molar-refractivity contribution >= 4 is 29.5 Å². The predicted molar refractivity (Wildman–Crippen MR) is 140 cm³/mol. The fourth-order valence-corrected chi connectivity index (χ4v) is 4.19. The molecule has 3 aromatic rings. The molecule has 1 aliphatic rings. The van der Waals surface area contributed by atoms with Crippen LogP contribution in [0.25, 0.3) is 11.1 Å². The number of anilines is 3. The molecule has 11 heteroatoms. The molecule has 2 aromatic heterocycles. The second kappa shape index (κ2) is 11.2. The molecule has 2 heterocycles. The summed E-state index contributed by atoms with van der Waals surface area (Å²) in [4.78, 5) is 41.5. The summed E-state index contributed by atoms with van der Waals surface area (Å²) in [5.74, 6) is -0.0503. The molecule has 4 rings (SSSR count). The fraction of sp³-hybridized carbons (Fsp3) is 0.385. The number of hydrogen-bond donors (Lipinski definition) is 4. The van der Waals surface area contributed by atoms with E-state index >= 15 is 0 Å². The summed E-state index contributed by atoms with van der Waals surface area (Å²) in [6, 6.07) is 7.33. The lowest BCUT2D eigenvalue weighted by Crippen LogP contribution is -2.50. The summed E-state index contributed by atoms with van der Waals surface area (Å²) < 4.78 is 5.43. The van der Waals surface area contributed by atoms with Gasteiger partial charge in [-0.1, -0.05) is 25.0 Å². The number of hydrogen-bond acceptors (Lipinski definition) is 9. The summed E-state index contributed by atoms with van der Waals surface area (Å²) in [5.41, 5.74) is 7.63. The van der Waals surface area contributed by atoms with Gasteiger partial charge in [-0.25, -0.2) is 19.7 Å². The van der Waals surface area contributed by atoms with E-state index in [1.54, 1.807) is 12.4 Å². The van der Waals surface area contributed by atoms with Crippen LogP contribution in [-0.2, 0) is 4.74 Å². The Morgan fingerprint density at radius 3 is 2.46 bits per heavy atom. The number of carbonyl (C=O) groups is 2. The zero-order valence-electron chi connectivity index (χ0n) is 21.2. The van der Waals surface area contributed by atoms with Crippen LogP contribution >= 0.6 is 0 Å². The second-order valence-corrected chi connectivity index (χ2v) is 9.94. The Morgan fingerprint density at radius 2 is 1.76 bits per heavy atom. The molecule has 1 fully saturated rings. The Balaban J connectivity index is 1.53. The van der Waals surface area contributed by atoms with Gasteiger partial charge in [0.05, 0.1) is 6.04 Å². The van der Waals surface area contributed by atoms with E-state index in [1.165, 1.54) is 12.5 Å². The quantitative estimate of drug-likeness (QED) is 0.373. The smallest absolute Gasteiger partial charge is 0.407 e. The molecule has 0 bridgehead atoms. The van der Waals surface area contributed by atoms with Gasteiger partial charge in [-0.05, 0) is 51.3 Å². The monoisotopic (exact) mass is 504 g/mol. The Morgan fingerprint density at radius 1 is 1.03 bits per heavy atom. The van der Waals surface area contributed by atoms with E-state index in [1.807, 2.05) is 45.0 Å². The lowest BCUT2D eigenvalue weighted by Gasteiger charge is -2.33. The van der Waals surface area contributed by atoms with Crippen molar-refractivity contribution in [1.82, 2.24) is 25.3 Å². The van der Waals surface area contributed by atoms with Crippen molar-refractivity contribution in [1.29, 1.82) is 0 Å². The molecular weight excluding hydrogens is 472 g/mol. The maximum atomic E-state index is 12.4. The van der Waals surface area contributed by atoms with Crippen LogP contribution in [0.5, 0.6) is 0 Å². The first-order chi connectivity index (χ1) is 17.7. The molecule has 0 saturated heterocycles. The highest BCUT2D eigenvalue weighted by Crippen LogP contribution is 2.26. The molecule has 0 aliphatic heterocycles. The molecule has 2 amide bonds. The third kappa shape index (κ3) is 7.12. The fourth-order valence-electron chi connectivity index (χ4n) is 4.19. The van der Waals surface area contributed by atoms with Gasteiger partial charge >= 0.3 is 6.09 Å². The molecular formula is C26H32N8O3. The summed E-state index contributed by atoms with van der Waals surface area (Å²) in [5, 5.41) is 9.49. The Kier molecular flexibility index (Phi) is 7.80. The second-order valence-electron chi connectivity index (χ2n) is 9.94. The molecule has 2 atom stereocenters. The third-order valence-corrected chi connectivity index (χ3v) is 5.86. The van der Waals surface area contributed by atoms with Crippen molar-refractivity contribution in [3.63, 3.8) is 0 Å². The lowest BCUT2D eigenvalue weighted by molar-refractivity contribution is 0.0488. The zero-order valence-corrected chi connectivity index (χ0v) is 21.2. The van der Waals surface area contributed by atoms with E-state index in [0.717, 1.165) is 36.8 Å². The number of nitrogens with zero attached hydrogens (tertiary/aromatic N) is 4. The maximum absolute atomic E-state index is 12.4. The first-order valence-corrected chi connectivity index (χ1v) is 12.2. The minimum absolute atomic E-state index is 0.102. The SMILES string of the molecule is CC(C)(C)OC(=O)N[C@H]1CCCC[C@H]1Nc1ncc(C(N)=O)c(Nc2cccc(-c3cncnc3)c2)n1. The van der Waals surface area contributed by atoms with E-state index in [-0.39, 0.29) is 23.5 Å². The number of carbonyl (C=O) groups excluding carboxylic acids is 2. The van der Waals surface area contributed by atoms with Gasteiger partial charge in [0, 0.05) is 35.9 Å². The molecule has 0 radical (unpaired) electrons. The maximum Gasteiger partial charge on any atom is 0.407 e. The van der Waals surface area contributed by atoms with Gasteiger partial charge in [0.2, 0.25) is 5.95 Å². The van der Waals surface area contributed by atoms with Gasteiger partial charge in [-0.2, -0.15) is 4.98 Å². The highest BCUT2D eigenvalue weighted by molar-refractivity contribution is 5.98. The van der Waals surface area contributed by atoms with Gasteiger partial charge in [-0.3, -0.25) is 4.79 Å². The van der Waals surface area contributed by atoms with Crippen molar-refractivity contribution in [2.75, 3.05) is 10.6 Å². The van der Waals surface area contributed by atoms with Crippen LogP contribution in [0.4, 0.5) is 22.2 Å². The first-order valence-electron chi connectivity index (χ1n) is 12.2. The van der Waals surface area contributed by atoms with Crippen LogP contribution < -0.4 is 21.7 Å². The molecule has 0 spiro atoms. The highest BCUT2D eigenvalue weighted by atomic mass is 16.6. The van der Waals surface area contributed by atoms with Gasteiger partial charge in [-0.15, -0.1) is 0 Å². The van der Waals surface area contributed by atoms with Crippen molar-refractivity contribution < 1.29 is 14.3 Å². The molecule has 1 aromatic carbocycles. The van der Waals surface area contributed by atoms with Crippen LogP contribution in [0.15, 0.2) is 49.2 Å². The first kappa shape index (κ1) is 25.8. The summed E-state index contributed by atoms with van der Waals surface area (Å²) >= 11 is 0. The third-order valence-electron chi connectivity index (χ3n) is 5.86. The molecule has 1 aliphatic carbocycles. The number of nitrogens with two attached hydrogens (primary N) is 1. The topological polar surface area (TPSA) is 157 Å². The minimum Gasteiger partial charge on any atom is -0.444 e. The summed E-state index contributed by atoms with van der Waals surface area (Å²) in [6.45, 7) is 5.49. The zero-order chi connectivity index (χ0) is 26.4. The van der Waals surface area contributed by atoms with E-state index in [2.05, 4.69) is 35.9 Å². The predicted octanol–water partition coefficient (Wildman–Crippen LogP) is 4.02. The molecule has 0 unspecified atom stereocenters. The summed E-state index contributed by atoms with van der Waals surface area (Å²) in [7, 11) is 0. The van der Waals surface area contributed by atoms with Gasteiger partial charge in [0.1, 0.15) is 23.3 Å². The van der Waals surface area contributed by atoms with Crippen LogP contribution in [0.3, 0.4) is 0 Å². The standard InChI is InChI=1S/C26H32N8O3/c1-26(2,3)37-25(36)33-21-10-5-4-9-20(21)32-24-30-14-19(22(27)35)23(34-24)31-18-8-6-7-16(11-18)17-12-28-15-29-13-17/h6-8,11-15,20-21H,4-5,9-10H2,1-3H3,(H2,27,35)(H,33,36)(H2,30,31,32,34)/t20-,21+/m1/s1. The van der Waals surface area contributed by atoms with Crippen molar-refractivity contribution in [3.8, 4) is 11.1 Å². The largest absolute Gasteiger partial charge is 0.444 e. The van der Waals surface area contributed by atoms with E-state index in [0.29, 0.717) is 11.6 Å². The number of ether oxygens (including phenoxy) is 1. The molecule has 11 nitrogen and oxygen atoms in total. The molecule has 37 heavy (non-hydrogen) atoms. The number of benzene rings is 1. The molecule has 5 N–H and O–H groups in total. The van der Waals surface area contributed by atoms with Crippen LogP contribution in [-0.4, -0.2) is 49.6 Å². The lowest BCUT2D eigenvalue weighted by atomic mass is 9.90. The van der Waals surface area contributed by atoms with E-state index < -0.39 is 17.6 Å². The minimum atomic E-state index is -0.649. The number of rotatable bonds is 7.